The van der Waals surface area contributed by atoms with Gasteiger partial charge in [0.1, 0.15) is 11.5 Å². The summed E-state index contributed by atoms with van der Waals surface area (Å²) in [6.07, 6.45) is 0.452. The number of rotatable bonds is 8. The first-order chi connectivity index (χ1) is 15.3. The number of aliphatic hydroxyl groups excluding tert-OH is 2. The van der Waals surface area contributed by atoms with E-state index in [9.17, 15) is 34.8 Å². The molecule has 0 heterocycles. The van der Waals surface area contributed by atoms with E-state index in [1.807, 2.05) is 6.07 Å². The van der Waals surface area contributed by atoms with Crippen LogP contribution in [0, 0.1) is 11.8 Å². The number of phenols is 1. The lowest BCUT2D eigenvalue weighted by Gasteiger charge is -2.44. The monoisotopic (exact) mass is 475 g/mol. The van der Waals surface area contributed by atoms with Crippen LogP contribution in [0.15, 0.2) is 17.7 Å². The highest BCUT2D eigenvalue weighted by Gasteiger charge is 2.57. The highest BCUT2D eigenvalue weighted by molar-refractivity contribution is 6.76. The maximum atomic E-state index is 13.5. The van der Waals surface area contributed by atoms with Crippen LogP contribution >= 0.6 is 0 Å². The van der Waals surface area contributed by atoms with Crippen molar-refractivity contribution in [2.75, 3.05) is 6.61 Å². The smallest absolute Gasteiger partial charge is 0.225 e. The lowest BCUT2D eigenvalue weighted by atomic mass is 9.61. The average molecular weight is 476 g/mol. The van der Waals surface area contributed by atoms with Crippen molar-refractivity contribution in [3.8, 4) is 5.75 Å². The molecule has 180 valence electrons. The number of aromatic hydroxyl groups is 1. The number of ketones is 2. The molecule has 1 saturated carbocycles. The molecule has 33 heavy (non-hydrogen) atoms. The minimum atomic E-state index is -2.57. The Labute approximate surface area is 194 Å². The zero-order valence-corrected chi connectivity index (χ0v) is 20.4. The number of aryl methyl sites for hydroxylation is 1. The number of carbonyl (C=O) groups excluding carboxylic acids is 3. The molecule has 0 radical (unpaired) electrons. The number of hydrogen-bond acceptors (Lipinski definition) is 7. The van der Waals surface area contributed by atoms with Gasteiger partial charge in [-0.25, -0.2) is 0 Å². The number of hydrogen-bond donors (Lipinski definition) is 5. The summed E-state index contributed by atoms with van der Waals surface area (Å²) in [5.41, 5.74) is 4.35. The van der Waals surface area contributed by atoms with E-state index in [-0.39, 0.29) is 36.3 Å². The Kier molecular flexibility index (Phi) is 6.88. The van der Waals surface area contributed by atoms with Crippen LogP contribution in [0.3, 0.4) is 0 Å². The van der Waals surface area contributed by atoms with Crippen molar-refractivity contribution >= 4 is 31.3 Å². The molecule has 0 saturated heterocycles. The Morgan fingerprint density at radius 3 is 2.45 bits per heavy atom. The zero-order chi connectivity index (χ0) is 24.7. The molecule has 1 amide bonds. The molecule has 2 aliphatic carbocycles. The van der Waals surface area contributed by atoms with Gasteiger partial charge in [-0.05, 0) is 48.8 Å². The molecule has 8 nitrogen and oxygen atoms in total. The molecule has 0 bridgehead atoms. The summed E-state index contributed by atoms with van der Waals surface area (Å²) in [6, 6.07) is 4.34. The maximum Gasteiger partial charge on any atom is 0.225 e. The van der Waals surface area contributed by atoms with Gasteiger partial charge in [-0.15, -0.1) is 0 Å². The molecule has 2 aliphatic rings. The minimum absolute atomic E-state index is 0.0212. The maximum absolute atomic E-state index is 13.5. The third-order valence-corrected chi connectivity index (χ3v) is 8.62. The topological polar surface area (TPSA) is 158 Å². The largest absolute Gasteiger partial charge is 0.507 e. The summed E-state index contributed by atoms with van der Waals surface area (Å²) in [7, 11) is -1.36. The van der Waals surface area contributed by atoms with Gasteiger partial charge in [-0.3, -0.25) is 14.4 Å². The molecule has 1 fully saturated rings. The van der Waals surface area contributed by atoms with Crippen LogP contribution in [0.4, 0.5) is 0 Å². The Morgan fingerprint density at radius 2 is 1.88 bits per heavy atom. The number of Topliss-reactive ketones (excluding diaryl/α,β-unsaturated/α-hetero) is 2. The van der Waals surface area contributed by atoms with Gasteiger partial charge in [-0.1, -0.05) is 31.8 Å². The number of fused-ring (bicyclic) bond motifs is 2. The lowest BCUT2D eigenvalue weighted by molar-refractivity contribution is -0.159. The van der Waals surface area contributed by atoms with Gasteiger partial charge in [0.2, 0.25) is 11.7 Å². The molecule has 6 N–H and O–H groups in total. The van der Waals surface area contributed by atoms with E-state index in [1.54, 1.807) is 0 Å². The lowest BCUT2D eigenvalue weighted by Crippen LogP contribution is -2.59. The normalized spacial score (nSPS) is 24.9. The highest BCUT2D eigenvalue weighted by atomic mass is 28.3. The fourth-order valence-electron chi connectivity index (χ4n) is 5.13. The van der Waals surface area contributed by atoms with E-state index in [1.165, 1.54) is 6.07 Å². The van der Waals surface area contributed by atoms with Crippen LogP contribution in [-0.2, 0) is 27.2 Å². The number of amides is 1. The fraction of sp³-hybridized carbons (Fsp3) is 0.542. The van der Waals surface area contributed by atoms with E-state index in [2.05, 4.69) is 19.6 Å². The Hall–Kier alpha value is -2.49. The third-order valence-electron chi connectivity index (χ3n) is 6.87. The van der Waals surface area contributed by atoms with E-state index in [4.69, 9.17) is 5.73 Å². The summed E-state index contributed by atoms with van der Waals surface area (Å²) in [5, 5.41) is 42.4. The Bertz CT molecular complexity index is 1030. The van der Waals surface area contributed by atoms with Crippen molar-refractivity contribution in [1.82, 2.24) is 0 Å². The quantitative estimate of drug-likeness (QED) is 0.283. The van der Waals surface area contributed by atoms with Gasteiger partial charge in [-0.2, -0.15) is 0 Å². The van der Waals surface area contributed by atoms with Crippen molar-refractivity contribution in [3.05, 3.63) is 34.4 Å². The van der Waals surface area contributed by atoms with Gasteiger partial charge in [0.25, 0.3) is 0 Å². The summed E-state index contributed by atoms with van der Waals surface area (Å²) >= 11 is 0. The first kappa shape index (κ1) is 25.1. The van der Waals surface area contributed by atoms with E-state index in [0.717, 1.165) is 23.6 Å². The van der Waals surface area contributed by atoms with Gasteiger partial charge >= 0.3 is 0 Å². The van der Waals surface area contributed by atoms with E-state index in [0.29, 0.717) is 6.42 Å². The second-order valence-corrected chi connectivity index (χ2v) is 16.0. The van der Waals surface area contributed by atoms with Crippen LogP contribution in [0.1, 0.15) is 36.0 Å². The summed E-state index contributed by atoms with van der Waals surface area (Å²) in [4.78, 5) is 37.5. The van der Waals surface area contributed by atoms with Gasteiger partial charge in [0.15, 0.2) is 11.4 Å². The van der Waals surface area contributed by atoms with Gasteiger partial charge in [0.05, 0.1) is 12.0 Å². The number of benzene rings is 1. The number of nitrogens with two attached hydrogens (primary N) is 1. The van der Waals surface area contributed by atoms with Crippen LogP contribution in [0.2, 0.25) is 25.7 Å². The highest BCUT2D eigenvalue weighted by Crippen LogP contribution is 2.49. The van der Waals surface area contributed by atoms with Crippen molar-refractivity contribution in [2.45, 2.75) is 63.4 Å². The number of carbonyl (C=O) groups is 3. The molecule has 0 aliphatic heterocycles. The number of aliphatic hydroxyl groups is 3. The van der Waals surface area contributed by atoms with Crippen LogP contribution < -0.4 is 5.73 Å². The predicted molar refractivity (Wildman–Crippen MR) is 125 cm³/mol. The second kappa shape index (κ2) is 9.04. The van der Waals surface area contributed by atoms with Gasteiger partial charge in [0, 0.05) is 26.2 Å². The van der Waals surface area contributed by atoms with E-state index < -0.39 is 55.2 Å². The minimum Gasteiger partial charge on any atom is -0.507 e. The fourth-order valence-corrected chi connectivity index (χ4v) is 6.14. The van der Waals surface area contributed by atoms with Crippen molar-refractivity contribution < 1.29 is 34.8 Å². The molecule has 3 rings (SSSR count). The van der Waals surface area contributed by atoms with E-state index >= 15 is 0 Å². The third kappa shape index (κ3) is 4.62. The molecule has 0 aromatic heterocycles. The van der Waals surface area contributed by atoms with Crippen LogP contribution in [0.25, 0.3) is 5.76 Å². The average Bonchev–Trinajstić information content (AvgIpc) is 2.70. The molecule has 3 atom stereocenters. The predicted octanol–water partition coefficient (Wildman–Crippen LogP) is 1.86. The zero-order valence-electron chi connectivity index (χ0n) is 19.4. The summed E-state index contributed by atoms with van der Waals surface area (Å²) in [6.45, 7) is 6.43. The Morgan fingerprint density at radius 1 is 1.21 bits per heavy atom. The first-order valence-corrected chi connectivity index (χ1v) is 15.0. The van der Waals surface area contributed by atoms with Crippen molar-refractivity contribution in [1.29, 1.82) is 0 Å². The standard InChI is InChI=1S/C24H33NO7Si/c1-33(2,3)9-7-13-4-5-17(27)21-16(13)11-14-10-15(6-8-26)24(32,18(28)12-19(25)29)23(31)20(14)22(21)30/h4-5,14-15,26-27,30,32H,6-12H2,1-3H3,(H2,25,29)/t14-,15-,24-/m1/s1. The first-order valence-electron chi connectivity index (χ1n) is 11.3. The SMILES string of the molecule is C[Si](C)(C)CCc1ccc(O)c2c1C[C@H]1C[C@@H](CCO)[C@@](O)(C(=O)CC(N)=O)C(=O)C1=C2O. The van der Waals surface area contributed by atoms with Crippen LogP contribution in [-0.4, -0.2) is 58.2 Å². The molecule has 9 heteroatoms. The molecular formula is C24H33NO7Si. The molecule has 1 aromatic rings. The molecule has 1 aromatic carbocycles. The second-order valence-electron chi connectivity index (χ2n) is 10.4. The summed E-state index contributed by atoms with van der Waals surface area (Å²) in [5.74, 6) is -5.05. The molecule has 0 spiro atoms. The number of primary amides is 1. The summed E-state index contributed by atoms with van der Waals surface area (Å²) < 4.78 is 0. The van der Waals surface area contributed by atoms with Crippen molar-refractivity contribution in [2.24, 2.45) is 17.6 Å². The van der Waals surface area contributed by atoms with Crippen molar-refractivity contribution in [3.63, 3.8) is 0 Å². The Balaban J connectivity index is 2.12. The van der Waals surface area contributed by atoms with Gasteiger partial charge < -0.3 is 26.2 Å². The molecule has 0 unspecified atom stereocenters. The van der Waals surface area contributed by atoms with Crippen LogP contribution in [0.5, 0.6) is 5.75 Å². The molecular weight excluding hydrogens is 442 g/mol. The number of phenolic OH excluding ortho intramolecular Hbond substituents is 1.